The first kappa shape index (κ1) is 12.6. The molecular formula is C11H17N3O2S. The second kappa shape index (κ2) is 6.18. The summed E-state index contributed by atoms with van der Waals surface area (Å²) in [6.07, 6.45) is 2.54. The molecular weight excluding hydrogens is 238 g/mol. The second-order valence-electron chi connectivity index (χ2n) is 3.92. The summed E-state index contributed by atoms with van der Waals surface area (Å²) in [4.78, 5) is 18.1. The van der Waals surface area contributed by atoms with Gasteiger partial charge in [0.2, 0.25) is 0 Å². The largest absolute Gasteiger partial charge is 0.380 e. The fourth-order valence-corrected chi connectivity index (χ4v) is 3.01. The summed E-state index contributed by atoms with van der Waals surface area (Å²) in [5.41, 5.74) is -0.112. The van der Waals surface area contributed by atoms with E-state index in [2.05, 4.69) is 22.2 Å². The van der Waals surface area contributed by atoms with Crippen LogP contribution < -0.4 is 10.9 Å². The van der Waals surface area contributed by atoms with Crippen LogP contribution in [0.25, 0.3) is 0 Å². The summed E-state index contributed by atoms with van der Waals surface area (Å²) in [5.74, 6) is 0. The van der Waals surface area contributed by atoms with E-state index in [1.807, 2.05) is 0 Å². The van der Waals surface area contributed by atoms with Gasteiger partial charge in [0, 0.05) is 24.9 Å². The molecule has 0 spiro atoms. The Morgan fingerprint density at radius 3 is 3.35 bits per heavy atom. The van der Waals surface area contributed by atoms with Gasteiger partial charge in [0.25, 0.3) is 5.56 Å². The van der Waals surface area contributed by atoms with Crippen molar-refractivity contribution in [3.05, 3.63) is 22.6 Å². The molecule has 2 unspecified atom stereocenters. The van der Waals surface area contributed by atoms with Crippen LogP contribution in [0.4, 0.5) is 0 Å². The smallest absolute Gasteiger partial charge is 0.251 e. The predicted octanol–water partition coefficient (Wildman–Crippen LogP) is 0.629. The Morgan fingerprint density at radius 1 is 1.71 bits per heavy atom. The van der Waals surface area contributed by atoms with E-state index in [4.69, 9.17) is 4.74 Å². The maximum Gasteiger partial charge on any atom is 0.251 e. The Morgan fingerprint density at radius 2 is 2.59 bits per heavy atom. The van der Waals surface area contributed by atoms with Crippen LogP contribution in [0.3, 0.4) is 0 Å². The Kier molecular flexibility index (Phi) is 4.58. The van der Waals surface area contributed by atoms with Gasteiger partial charge in [-0.25, -0.2) is 4.98 Å². The minimum atomic E-state index is -0.112. The summed E-state index contributed by atoms with van der Waals surface area (Å²) in [6.45, 7) is 4.54. The normalized spacial score (nSPS) is 24.8. The number of hydrogen-bond donors (Lipinski definition) is 2. The lowest BCUT2D eigenvalue weighted by Crippen LogP contribution is -2.44. The summed E-state index contributed by atoms with van der Waals surface area (Å²) in [7, 11) is 0. The van der Waals surface area contributed by atoms with Crippen molar-refractivity contribution in [3.63, 3.8) is 0 Å². The minimum Gasteiger partial charge on any atom is -0.380 e. The number of nitrogens with one attached hydrogen (secondary N) is 2. The number of nitrogens with zero attached hydrogens (tertiary/aromatic N) is 1. The molecule has 1 aliphatic heterocycles. The molecule has 2 N–H and O–H groups in total. The molecule has 1 aliphatic rings. The van der Waals surface area contributed by atoms with Crippen LogP contribution in [-0.4, -0.2) is 41.0 Å². The van der Waals surface area contributed by atoms with Crippen molar-refractivity contribution in [3.8, 4) is 0 Å². The Balaban J connectivity index is 2.02. The van der Waals surface area contributed by atoms with E-state index in [1.54, 1.807) is 11.8 Å². The number of aromatic nitrogens is 2. The number of aromatic amines is 1. The molecule has 2 atom stereocenters. The third kappa shape index (κ3) is 3.55. The highest BCUT2D eigenvalue weighted by molar-refractivity contribution is 7.99. The van der Waals surface area contributed by atoms with Crippen molar-refractivity contribution >= 4 is 11.8 Å². The Hall–Kier alpha value is -0.850. The zero-order valence-electron chi connectivity index (χ0n) is 9.81. The molecule has 2 rings (SSSR count). The number of H-pyrrole nitrogens is 1. The molecule has 5 nitrogen and oxygen atoms in total. The van der Waals surface area contributed by atoms with Gasteiger partial charge in [-0.05, 0) is 13.0 Å². The molecule has 17 heavy (non-hydrogen) atoms. The molecule has 6 heteroatoms. The number of ether oxygens (including phenoxy) is 1. The number of thioether (sulfide) groups is 1. The summed E-state index contributed by atoms with van der Waals surface area (Å²) >= 11 is 1.57. The highest BCUT2D eigenvalue weighted by Gasteiger charge is 2.26. The molecule has 0 aromatic carbocycles. The fraction of sp³-hybridized carbons (Fsp3) is 0.636. The summed E-state index contributed by atoms with van der Waals surface area (Å²) in [6, 6.07) is 1.84. The maximum absolute atomic E-state index is 11.2. The standard InChI is InChI=1S/C11H17N3O2S/c1-2-12-8-4-6-16-7-9(8)17-11-13-5-3-10(15)14-11/h3,5,8-9,12H,2,4,6-7H2,1H3,(H,13,14,15). The van der Waals surface area contributed by atoms with Crippen LogP contribution in [0.5, 0.6) is 0 Å². The van der Waals surface area contributed by atoms with Crippen LogP contribution in [0.2, 0.25) is 0 Å². The molecule has 0 radical (unpaired) electrons. The van der Waals surface area contributed by atoms with Crippen LogP contribution in [0.15, 0.2) is 22.2 Å². The van der Waals surface area contributed by atoms with Gasteiger partial charge in [-0.2, -0.15) is 0 Å². The van der Waals surface area contributed by atoms with Crippen LogP contribution in [0, 0.1) is 0 Å². The third-order valence-electron chi connectivity index (χ3n) is 2.68. The highest BCUT2D eigenvalue weighted by atomic mass is 32.2. The van der Waals surface area contributed by atoms with E-state index >= 15 is 0 Å². The molecule has 0 bridgehead atoms. The van der Waals surface area contributed by atoms with Crippen molar-refractivity contribution in [1.29, 1.82) is 0 Å². The van der Waals surface area contributed by atoms with Gasteiger partial charge in [-0.1, -0.05) is 18.7 Å². The van der Waals surface area contributed by atoms with Gasteiger partial charge in [0.05, 0.1) is 11.9 Å². The van der Waals surface area contributed by atoms with E-state index in [9.17, 15) is 4.79 Å². The fourth-order valence-electron chi connectivity index (χ4n) is 1.88. The SMILES string of the molecule is CCNC1CCOCC1Sc1nccc(=O)[nH]1. The van der Waals surface area contributed by atoms with Crippen molar-refractivity contribution < 1.29 is 4.74 Å². The van der Waals surface area contributed by atoms with Crippen molar-refractivity contribution in [2.24, 2.45) is 0 Å². The van der Waals surface area contributed by atoms with E-state index in [0.717, 1.165) is 19.6 Å². The second-order valence-corrected chi connectivity index (χ2v) is 5.15. The first-order chi connectivity index (χ1) is 8.29. The zero-order valence-corrected chi connectivity index (χ0v) is 10.6. The van der Waals surface area contributed by atoms with E-state index in [1.165, 1.54) is 12.3 Å². The summed E-state index contributed by atoms with van der Waals surface area (Å²) in [5, 5.41) is 4.41. The quantitative estimate of drug-likeness (QED) is 0.772. The highest BCUT2D eigenvalue weighted by Crippen LogP contribution is 2.25. The zero-order chi connectivity index (χ0) is 12.1. The molecule has 0 aliphatic carbocycles. The van der Waals surface area contributed by atoms with Gasteiger partial charge in [-0.3, -0.25) is 4.79 Å². The van der Waals surface area contributed by atoms with Gasteiger partial charge in [-0.15, -0.1) is 0 Å². The van der Waals surface area contributed by atoms with E-state index in [-0.39, 0.29) is 5.56 Å². The van der Waals surface area contributed by atoms with Gasteiger partial charge in [0.15, 0.2) is 5.16 Å². The number of hydrogen-bond acceptors (Lipinski definition) is 5. The molecule has 0 amide bonds. The van der Waals surface area contributed by atoms with E-state index < -0.39 is 0 Å². The van der Waals surface area contributed by atoms with Crippen molar-refractivity contribution in [2.45, 2.75) is 29.8 Å². The van der Waals surface area contributed by atoms with Crippen LogP contribution in [0.1, 0.15) is 13.3 Å². The van der Waals surface area contributed by atoms with Crippen molar-refractivity contribution in [2.75, 3.05) is 19.8 Å². The lowest BCUT2D eigenvalue weighted by Gasteiger charge is -2.31. The first-order valence-electron chi connectivity index (χ1n) is 5.82. The van der Waals surface area contributed by atoms with Gasteiger partial charge in [0.1, 0.15) is 0 Å². The first-order valence-corrected chi connectivity index (χ1v) is 6.70. The molecule has 94 valence electrons. The molecule has 1 fully saturated rings. The molecule has 0 saturated carbocycles. The lowest BCUT2D eigenvalue weighted by atomic mass is 10.1. The molecule has 1 aromatic heterocycles. The molecule has 2 heterocycles. The topological polar surface area (TPSA) is 67.0 Å². The van der Waals surface area contributed by atoms with Gasteiger partial charge < -0.3 is 15.0 Å². The predicted molar refractivity (Wildman–Crippen MR) is 67.4 cm³/mol. The number of rotatable bonds is 4. The maximum atomic E-state index is 11.2. The molecule has 1 saturated heterocycles. The molecule has 1 aromatic rings. The third-order valence-corrected chi connectivity index (χ3v) is 3.88. The van der Waals surface area contributed by atoms with Crippen molar-refractivity contribution in [1.82, 2.24) is 15.3 Å². The van der Waals surface area contributed by atoms with Crippen LogP contribution >= 0.6 is 11.8 Å². The monoisotopic (exact) mass is 255 g/mol. The Bertz CT molecular complexity index is 408. The van der Waals surface area contributed by atoms with Gasteiger partial charge >= 0.3 is 0 Å². The Labute approximate surface area is 104 Å². The van der Waals surface area contributed by atoms with Crippen LogP contribution in [-0.2, 0) is 4.74 Å². The van der Waals surface area contributed by atoms with E-state index in [0.29, 0.717) is 23.1 Å². The lowest BCUT2D eigenvalue weighted by molar-refractivity contribution is 0.0836. The average molecular weight is 255 g/mol. The average Bonchev–Trinajstić information content (AvgIpc) is 2.32. The summed E-state index contributed by atoms with van der Waals surface area (Å²) < 4.78 is 5.48. The minimum absolute atomic E-state index is 0.112.